The standard InChI is InChI=1S/C30H33N3O6S/c1-29(2)13-22-27(24(34)15-29)26(19-7-9-20(10-8-19)33(36)37)28-23(14-30(3,4)16-25(28)35)32(22)17-18-5-11-21(12-6-18)40(31,38)39/h5-12,26H,13-17H2,1-4H3,(H2,31,38,39). The minimum atomic E-state index is -3.85. The number of carbonyl (C=O) groups excluding carboxylic acids is 2. The number of carbonyl (C=O) groups is 2. The Morgan fingerprint density at radius 1 is 0.850 bits per heavy atom. The number of nitro groups is 1. The third-order valence-electron chi connectivity index (χ3n) is 8.05. The average molecular weight is 564 g/mol. The summed E-state index contributed by atoms with van der Waals surface area (Å²) in [7, 11) is -3.85. The zero-order valence-electron chi connectivity index (χ0n) is 23.1. The molecular weight excluding hydrogens is 530 g/mol. The Morgan fingerprint density at radius 3 is 1.75 bits per heavy atom. The van der Waals surface area contributed by atoms with E-state index >= 15 is 0 Å². The van der Waals surface area contributed by atoms with Crippen molar-refractivity contribution < 1.29 is 22.9 Å². The van der Waals surface area contributed by atoms with E-state index in [1.165, 1.54) is 24.3 Å². The summed E-state index contributed by atoms with van der Waals surface area (Å²) in [6.45, 7) is 8.55. The first-order chi connectivity index (χ1) is 18.6. The summed E-state index contributed by atoms with van der Waals surface area (Å²) in [5.41, 5.74) is 3.67. The van der Waals surface area contributed by atoms with E-state index in [-0.39, 0.29) is 33.0 Å². The predicted molar refractivity (Wildman–Crippen MR) is 149 cm³/mol. The van der Waals surface area contributed by atoms with Crippen LogP contribution in [0.3, 0.4) is 0 Å². The normalized spacial score (nSPS) is 20.9. The molecule has 2 aromatic rings. The highest BCUT2D eigenvalue weighted by atomic mass is 32.2. The lowest BCUT2D eigenvalue weighted by Crippen LogP contribution is -2.44. The van der Waals surface area contributed by atoms with Crippen molar-refractivity contribution in [1.82, 2.24) is 4.90 Å². The summed E-state index contributed by atoms with van der Waals surface area (Å²) in [6.07, 6.45) is 1.87. The van der Waals surface area contributed by atoms with Crippen molar-refractivity contribution in [1.29, 1.82) is 0 Å². The van der Waals surface area contributed by atoms with Crippen molar-refractivity contribution in [3.63, 3.8) is 0 Å². The summed E-state index contributed by atoms with van der Waals surface area (Å²) in [6, 6.07) is 12.5. The molecule has 40 heavy (non-hydrogen) atoms. The zero-order valence-corrected chi connectivity index (χ0v) is 23.9. The van der Waals surface area contributed by atoms with Gasteiger partial charge in [0.15, 0.2) is 11.6 Å². The summed E-state index contributed by atoms with van der Waals surface area (Å²) in [5, 5.41) is 16.6. The maximum Gasteiger partial charge on any atom is 0.269 e. The lowest BCUT2D eigenvalue weighted by Gasteiger charge is -2.49. The average Bonchev–Trinajstić information content (AvgIpc) is 2.83. The number of nitrogens with two attached hydrogens (primary N) is 1. The Morgan fingerprint density at radius 2 is 1.32 bits per heavy atom. The number of sulfonamides is 1. The van der Waals surface area contributed by atoms with Gasteiger partial charge in [-0.05, 0) is 46.9 Å². The first-order valence-electron chi connectivity index (χ1n) is 13.2. The highest BCUT2D eigenvalue weighted by Crippen LogP contribution is 2.54. The van der Waals surface area contributed by atoms with Gasteiger partial charge in [-0.15, -0.1) is 0 Å². The minimum Gasteiger partial charge on any atom is -0.343 e. The Balaban J connectivity index is 1.71. The molecule has 0 radical (unpaired) electrons. The molecule has 0 aromatic heterocycles. The van der Waals surface area contributed by atoms with Crippen molar-refractivity contribution in [3.05, 3.63) is 92.3 Å². The number of rotatable bonds is 5. The number of allylic oxidation sites excluding steroid dienone is 4. The molecule has 5 rings (SSSR count). The molecule has 3 aliphatic rings. The molecule has 210 valence electrons. The molecular formula is C30H33N3O6S. The molecule has 0 fully saturated rings. The Labute approximate surface area is 233 Å². The van der Waals surface area contributed by atoms with E-state index in [4.69, 9.17) is 5.14 Å². The molecule has 10 heteroatoms. The van der Waals surface area contributed by atoms with Crippen LogP contribution in [0.4, 0.5) is 5.69 Å². The van der Waals surface area contributed by atoms with Crippen molar-refractivity contribution >= 4 is 27.3 Å². The fourth-order valence-corrected chi connectivity index (χ4v) is 6.84. The van der Waals surface area contributed by atoms with Gasteiger partial charge in [0, 0.05) is 60.0 Å². The molecule has 0 atom stereocenters. The molecule has 0 unspecified atom stereocenters. The highest BCUT2D eigenvalue weighted by molar-refractivity contribution is 7.89. The molecule has 0 spiro atoms. The molecule has 1 heterocycles. The van der Waals surface area contributed by atoms with E-state index in [1.54, 1.807) is 24.3 Å². The molecule has 0 amide bonds. The van der Waals surface area contributed by atoms with Gasteiger partial charge in [0.05, 0.1) is 9.82 Å². The number of ketones is 2. The number of primary sulfonamides is 1. The quantitative estimate of drug-likeness (QED) is 0.393. The molecule has 2 N–H and O–H groups in total. The van der Waals surface area contributed by atoms with E-state index in [0.29, 0.717) is 48.9 Å². The third-order valence-corrected chi connectivity index (χ3v) is 8.98. The number of hydrogen-bond acceptors (Lipinski definition) is 7. The molecule has 1 aliphatic heterocycles. The molecule has 0 bridgehead atoms. The number of nitrogens with zero attached hydrogens (tertiary/aromatic N) is 2. The number of nitro benzene ring substituents is 1. The van der Waals surface area contributed by atoms with Gasteiger partial charge in [-0.1, -0.05) is 52.0 Å². The van der Waals surface area contributed by atoms with Crippen LogP contribution in [-0.4, -0.2) is 29.8 Å². The highest BCUT2D eigenvalue weighted by Gasteiger charge is 2.49. The van der Waals surface area contributed by atoms with Crippen LogP contribution in [0.25, 0.3) is 0 Å². The second kappa shape index (κ2) is 9.49. The van der Waals surface area contributed by atoms with Crippen LogP contribution in [0.15, 0.2) is 76.0 Å². The van der Waals surface area contributed by atoms with Crippen molar-refractivity contribution in [2.75, 3.05) is 0 Å². The van der Waals surface area contributed by atoms with Crippen LogP contribution < -0.4 is 5.14 Å². The third kappa shape index (κ3) is 5.13. The topological polar surface area (TPSA) is 141 Å². The second-order valence-electron chi connectivity index (χ2n) is 12.7. The van der Waals surface area contributed by atoms with Crippen LogP contribution >= 0.6 is 0 Å². The fourth-order valence-electron chi connectivity index (χ4n) is 6.33. The molecule has 9 nitrogen and oxygen atoms in total. The lowest BCUT2D eigenvalue weighted by molar-refractivity contribution is -0.384. The number of benzene rings is 2. The van der Waals surface area contributed by atoms with E-state index < -0.39 is 20.9 Å². The van der Waals surface area contributed by atoms with Crippen LogP contribution in [-0.2, 0) is 26.2 Å². The van der Waals surface area contributed by atoms with Gasteiger partial charge in [0.25, 0.3) is 5.69 Å². The van der Waals surface area contributed by atoms with Crippen LogP contribution in [0, 0.1) is 20.9 Å². The summed E-state index contributed by atoms with van der Waals surface area (Å²) in [4.78, 5) is 40.7. The maximum atomic E-state index is 13.9. The van der Waals surface area contributed by atoms with Gasteiger partial charge in [-0.25, -0.2) is 13.6 Å². The monoisotopic (exact) mass is 563 g/mol. The predicted octanol–water partition coefficient (Wildman–Crippen LogP) is 5.13. The Hall–Kier alpha value is -3.63. The minimum absolute atomic E-state index is 0.0101. The Bertz CT molecular complexity index is 1550. The molecule has 2 aromatic carbocycles. The molecule has 0 saturated heterocycles. The van der Waals surface area contributed by atoms with Gasteiger partial charge in [0.1, 0.15) is 0 Å². The van der Waals surface area contributed by atoms with E-state index in [1.807, 2.05) is 0 Å². The smallest absolute Gasteiger partial charge is 0.269 e. The van der Waals surface area contributed by atoms with E-state index in [0.717, 1.165) is 17.0 Å². The van der Waals surface area contributed by atoms with Gasteiger partial charge >= 0.3 is 0 Å². The van der Waals surface area contributed by atoms with Gasteiger partial charge in [-0.2, -0.15) is 0 Å². The SMILES string of the molecule is CC1(C)CC(=O)C2=C(C1)N(Cc1ccc(S(N)(=O)=O)cc1)C1=C(C(=O)CC(C)(C)C1)C2c1ccc([N+](=O)[O-])cc1. The first kappa shape index (κ1) is 27.9. The van der Waals surface area contributed by atoms with Crippen LogP contribution in [0.2, 0.25) is 0 Å². The maximum absolute atomic E-state index is 13.9. The first-order valence-corrected chi connectivity index (χ1v) is 14.8. The second-order valence-corrected chi connectivity index (χ2v) is 14.2. The molecule has 0 saturated carbocycles. The summed E-state index contributed by atoms with van der Waals surface area (Å²) in [5.74, 6) is -0.666. The van der Waals surface area contributed by atoms with Gasteiger partial charge in [0.2, 0.25) is 10.0 Å². The van der Waals surface area contributed by atoms with Gasteiger partial charge < -0.3 is 4.90 Å². The van der Waals surface area contributed by atoms with E-state index in [9.17, 15) is 28.1 Å². The van der Waals surface area contributed by atoms with Crippen LogP contribution in [0.5, 0.6) is 0 Å². The molecule has 2 aliphatic carbocycles. The van der Waals surface area contributed by atoms with Gasteiger partial charge in [-0.3, -0.25) is 19.7 Å². The van der Waals surface area contributed by atoms with Crippen molar-refractivity contribution in [2.24, 2.45) is 16.0 Å². The van der Waals surface area contributed by atoms with E-state index in [2.05, 4.69) is 32.6 Å². The van der Waals surface area contributed by atoms with Crippen molar-refractivity contribution in [2.45, 2.75) is 70.7 Å². The van der Waals surface area contributed by atoms with Crippen molar-refractivity contribution in [3.8, 4) is 0 Å². The summed E-state index contributed by atoms with van der Waals surface area (Å²) >= 11 is 0. The summed E-state index contributed by atoms with van der Waals surface area (Å²) < 4.78 is 23.6. The number of non-ortho nitro benzene ring substituents is 1. The van der Waals surface area contributed by atoms with Crippen LogP contribution in [0.1, 0.15) is 70.4 Å². The Kier molecular flexibility index (Phi) is 6.62. The lowest BCUT2D eigenvalue weighted by atomic mass is 9.63. The number of Topliss-reactive ketones (excluding diaryl/α,β-unsaturated/α-hetero) is 2. The fraction of sp³-hybridized carbons (Fsp3) is 0.400. The largest absolute Gasteiger partial charge is 0.343 e. The number of hydrogen-bond donors (Lipinski definition) is 1. The zero-order chi connectivity index (χ0) is 29.2.